The van der Waals surface area contributed by atoms with Crippen LogP contribution in [0.25, 0.3) is 5.65 Å². The van der Waals surface area contributed by atoms with Crippen LogP contribution in [0.15, 0.2) is 67.1 Å². The van der Waals surface area contributed by atoms with E-state index in [2.05, 4.69) is 15.3 Å². The fraction of sp³-hybridized carbons (Fsp3) is 0.136. The number of nitrogens with zero attached hydrogens (tertiary/aromatic N) is 3. The molecule has 4 aromatic rings. The van der Waals surface area contributed by atoms with Crippen molar-refractivity contribution in [3.8, 4) is 5.75 Å². The lowest BCUT2D eigenvalue weighted by Gasteiger charge is -2.07. The summed E-state index contributed by atoms with van der Waals surface area (Å²) in [6, 6.07) is 14.7. The Kier molecular flexibility index (Phi) is 4.76. The molecule has 1 aromatic carbocycles. The van der Waals surface area contributed by atoms with E-state index in [9.17, 15) is 4.79 Å². The predicted molar refractivity (Wildman–Crippen MR) is 108 cm³/mol. The molecule has 6 heteroatoms. The Bertz CT molecular complexity index is 1120. The lowest BCUT2D eigenvalue weighted by molar-refractivity contribution is 0.102. The molecule has 0 saturated heterocycles. The third kappa shape index (κ3) is 3.86. The molecule has 0 atom stereocenters. The second kappa shape index (κ2) is 7.52. The van der Waals surface area contributed by atoms with Crippen LogP contribution in [0.2, 0.25) is 0 Å². The summed E-state index contributed by atoms with van der Waals surface area (Å²) >= 11 is 0. The number of imidazole rings is 1. The molecule has 0 aliphatic heterocycles. The van der Waals surface area contributed by atoms with Gasteiger partial charge in [0.15, 0.2) is 0 Å². The molecule has 0 unspecified atom stereocenters. The fourth-order valence-corrected chi connectivity index (χ4v) is 2.86. The highest BCUT2D eigenvalue weighted by molar-refractivity contribution is 6.03. The van der Waals surface area contributed by atoms with Gasteiger partial charge >= 0.3 is 0 Å². The summed E-state index contributed by atoms with van der Waals surface area (Å²) in [5.74, 6) is 0.996. The Morgan fingerprint density at radius 2 is 1.93 bits per heavy atom. The molecule has 1 N–H and O–H groups in total. The van der Waals surface area contributed by atoms with Gasteiger partial charge in [-0.3, -0.25) is 4.79 Å². The van der Waals surface area contributed by atoms with Crippen LogP contribution in [0.1, 0.15) is 27.2 Å². The molecule has 28 heavy (non-hydrogen) atoms. The molecule has 3 aromatic heterocycles. The van der Waals surface area contributed by atoms with E-state index in [1.54, 1.807) is 36.5 Å². The lowest BCUT2D eigenvalue weighted by Crippen LogP contribution is -2.12. The van der Waals surface area contributed by atoms with E-state index < -0.39 is 0 Å². The Hall–Kier alpha value is -3.67. The summed E-state index contributed by atoms with van der Waals surface area (Å²) in [5, 5.41) is 2.78. The van der Waals surface area contributed by atoms with Gasteiger partial charge < -0.3 is 14.5 Å². The van der Waals surface area contributed by atoms with Crippen molar-refractivity contribution < 1.29 is 9.53 Å². The van der Waals surface area contributed by atoms with E-state index in [0.29, 0.717) is 23.7 Å². The topological polar surface area (TPSA) is 68.5 Å². The van der Waals surface area contributed by atoms with Crippen LogP contribution in [0, 0.1) is 13.8 Å². The second-order valence-electron chi connectivity index (χ2n) is 6.64. The van der Waals surface area contributed by atoms with E-state index in [1.807, 2.05) is 48.8 Å². The van der Waals surface area contributed by atoms with Crippen LogP contribution in [0.3, 0.4) is 0 Å². The van der Waals surface area contributed by atoms with Gasteiger partial charge in [-0.1, -0.05) is 12.1 Å². The number of rotatable bonds is 5. The molecule has 6 nitrogen and oxygen atoms in total. The molecular formula is C22H20N4O2. The number of aryl methyl sites for hydroxylation is 2. The summed E-state index contributed by atoms with van der Waals surface area (Å²) < 4.78 is 7.79. The number of ether oxygens (including phenoxy) is 1. The molecule has 0 radical (unpaired) electrons. The van der Waals surface area contributed by atoms with Crippen molar-refractivity contribution in [2.75, 3.05) is 5.32 Å². The highest BCUT2D eigenvalue weighted by Gasteiger charge is 2.08. The molecule has 0 aliphatic rings. The lowest BCUT2D eigenvalue weighted by atomic mass is 10.2. The number of pyridine rings is 2. The minimum absolute atomic E-state index is 0.210. The van der Waals surface area contributed by atoms with Gasteiger partial charge in [-0.2, -0.15) is 0 Å². The van der Waals surface area contributed by atoms with Crippen LogP contribution >= 0.6 is 0 Å². The zero-order valence-corrected chi connectivity index (χ0v) is 15.7. The van der Waals surface area contributed by atoms with Crippen molar-refractivity contribution in [1.29, 1.82) is 0 Å². The number of carbonyl (C=O) groups excluding carboxylic acids is 1. The zero-order valence-electron chi connectivity index (χ0n) is 15.7. The first-order chi connectivity index (χ1) is 13.6. The normalized spacial score (nSPS) is 10.8. The van der Waals surface area contributed by atoms with Gasteiger partial charge in [-0.05, 0) is 61.4 Å². The predicted octanol–water partition coefficient (Wildman–Crippen LogP) is 4.18. The van der Waals surface area contributed by atoms with Crippen LogP contribution in [-0.2, 0) is 6.61 Å². The maximum Gasteiger partial charge on any atom is 0.256 e. The molecule has 0 fully saturated rings. The first-order valence-corrected chi connectivity index (χ1v) is 8.98. The number of amides is 1. The smallest absolute Gasteiger partial charge is 0.256 e. The Balaban J connectivity index is 1.39. The number of hydrogen-bond acceptors (Lipinski definition) is 4. The van der Waals surface area contributed by atoms with Gasteiger partial charge in [0.05, 0.1) is 5.69 Å². The number of benzene rings is 1. The first-order valence-electron chi connectivity index (χ1n) is 8.98. The molecule has 140 valence electrons. The number of fused-ring (bicyclic) bond motifs is 1. The average Bonchev–Trinajstić information content (AvgIpc) is 3.13. The van der Waals surface area contributed by atoms with Gasteiger partial charge in [0.25, 0.3) is 5.91 Å². The molecule has 0 bridgehead atoms. The van der Waals surface area contributed by atoms with Crippen LogP contribution in [-0.4, -0.2) is 20.3 Å². The van der Waals surface area contributed by atoms with E-state index in [4.69, 9.17) is 4.74 Å². The van der Waals surface area contributed by atoms with Crippen molar-refractivity contribution in [3.05, 3.63) is 89.5 Å². The molecule has 4 rings (SSSR count). The Morgan fingerprint density at radius 3 is 2.64 bits per heavy atom. The van der Waals surface area contributed by atoms with E-state index in [1.165, 1.54) is 0 Å². The number of hydrogen-bond donors (Lipinski definition) is 1. The van der Waals surface area contributed by atoms with E-state index in [-0.39, 0.29) is 5.91 Å². The average molecular weight is 372 g/mol. The number of nitrogens with one attached hydrogen (secondary N) is 1. The largest absolute Gasteiger partial charge is 0.487 e. The quantitative estimate of drug-likeness (QED) is 0.571. The molecular weight excluding hydrogens is 352 g/mol. The van der Waals surface area contributed by atoms with Crippen molar-refractivity contribution in [3.63, 3.8) is 0 Å². The molecule has 0 aliphatic carbocycles. The minimum atomic E-state index is -0.210. The molecule has 3 heterocycles. The Labute approximate surface area is 162 Å². The molecule has 1 amide bonds. The highest BCUT2D eigenvalue weighted by Crippen LogP contribution is 2.16. The van der Waals surface area contributed by atoms with Crippen molar-refractivity contribution in [2.24, 2.45) is 0 Å². The highest BCUT2D eigenvalue weighted by atomic mass is 16.5. The third-order valence-electron chi connectivity index (χ3n) is 4.38. The molecule has 0 saturated carbocycles. The van der Waals surface area contributed by atoms with Gasteiger partial charge in [0.1, 0.15) is 23.8 Å². The maximum absolute atomic E-state index is 12.3. The van der Waals surface area contributed by atoms with Crippen LogP contribution in [0.5, 0.6) is 5.75 Å². The Morgan fingerprint density at radius 1 is 1.11 bits per heavy atom. The fourth-order valence-electron chi connectivity index (χ4n) is 2.86. The standard InChI is InChI=1S/C22H20N4O2/c1-15-5-10-20(23-12-15)25-22(27)17-6-8-19(9-7-17)28-14-18-13-26-11-3-4-16(2)21(26)24-18/h3-13H,14H2,1-2H3,(H,23,25,27). The maximum atomic E-state index is 12.3. The van der Waals surface area contributed by atoms with Crippen molar-refractivity contribution in [2.45, 2.75) is 20.5 Å². The summed E-state index contributed by atoms with van der Waals surface area (Å²) in [6.45, 7) is 4.34. The van der Waals surface area contributed by atoms with Crippen LogP contribution < -0.4 is 10.1 Å². The molecule has 0 spiro atoms. The number of anilines is 1. The second-order valence-corrected chi connectivity index (χ2v) is 6.64. The van der Waals surface area contributed by atoms with Gasteiger partial charge in [0.2, 0.25) is 0 Å². The van der Waals surface area contributed by atoms with E-state index in [0.717, 1.165) is 22.5 Å². The summed E-state index contributed by atoms with van der Waals surface area (Å²) in [7, 11) is 0. The first kappa shape index (κ1) is 17.7. The van der Waals surface area contributed by atoms with E-state index >= 15 is 0 Å². The van der Waals surface area contributed by atoms with Crippen LogP contribution in [0.4, 0.5) is 5.82 Å². The summed E-state index contributed by atoms with van der Waals surface area (Å²) in [5.41, 5.74) is 4.48. The SMILES string of the molecule is Cc1ccc(NC(=O)c2ccc(OCc3cn4cccc(C)c4n3)cc2)nc1. The monoisotopic (exact) mass is 372 g/mol. The van der Waals surface area contributed by atoms with Gasteiger partial charge in [0, 0.05) is 24.2 Å². The summed E-state index contributed by atoms with van der Waals surface area (Å²) in [6.07, 6.45) is 5.64. The van der Waals surface area contributed by atoms with Gasteiger partial charge in [-0.25, -0.2) is 9.97 Å². The van der Waals surface area contributed by atoms with Gasteiger partial charge in [-0.15, -0.1) is 0 Å². The van der Waals surface area contributed by atoms with Crippen molar-refractivity contribution >= 4 is 17.4 Å². The summed E-state index contributed by atoms with van der Waals surface area (Å²) in [4.78, 5) is 21.1. The third-order valence-corrected chi connectivity index (χ3v) is 4.38. The number of aromatic nitrogens is 3. The minimum Gasteiger partial charge on any atom is -0.487 e. The van der Waals surface area contributed by atoms with Crippen molar-refractivity contribution in [1.82, 2.24) is 14.4 Å². The number of carbonyl (C=O) groups is 1. The zero-order chi connectivity index (χ0) is 19.5.